The van der Waals surface area contributed by atoms with E-state index in [9.17, 15) is 9.59 Å². The topological polar surface area (TPSA) is 52.6 Å². The van der Waals surface area contributed by atoms with Gasteiger partial charge in [-0.3, -0.25) is 9.59 Å². The quantitative estimate of drug-likeness (QED) is 0.916. The molecule has 0 atom stereocenters. The average molecular weight is 331 g/mol. The van der Waals surface area contributed by atoms with Gasteiger partial charge in [0.2, 0.25) is 5.91 Å². The molecule has 1 aromatic rings. The molecule has 132 valence electrons. The standard InChI is InChI=1S/C19H29N3O2/c1-19(2,3)16-7-5-15(6-8-16)18(24)20-10-9-17(23)22-13-11-21(4)12-14-22/h5-8H,9-14H2,1-4H3,(H,20,24). The zero-order chi connectivity index (χ0) is 17.7. The normalized spacial score (nSPS) is 16.1. The van der Waals surface area contributed by atoms with Gasteiger partial charge in [-0.05, 0) is 30.2 Å². The van der Waals surface area contributed by atoms with Crippen molar-refractivity contribution in [3.8, 4) is 0 Å². The molecule has 1 N–H and O–H groups in total. The second kappa shape index (κ2) is 7.79. The van der Waals surface area contributed by atoms with Gasteiger partial charge in [-0.2, -0.15) is 0 Å². The minimum absolute atomic E-state index is 0.0733. The van der Waals surface area contributed by atoms with Gasteiger partial charge >= 0.3 is 0 Å². The summed E-state index contributed by atoms with van der Waals surface area (Å²) >= 11 is 0. The largest absolute Gasteiger partial charge is 0.352 e. The molecule has 0 saturated carbocycles. The highest BCUT2D eigenvalue weighted by molar-refractivity contribution is 5.94. The lowest BCUT2D eigenvalue weighted by molar-refractivity contribution is -0.132. The van der Waals surface area contributed by atoms with Crippen LogP contribution in [0.1, 0.15) is 43.1 Å². The van der Waals surface area contributed by atoms with Crippen molar-refractivity contribution in [2.45, 2.75) is 32.6 Å². The first-order valence-electron chi connectivity index (χ1n) is 8.62. The zero-order valence-corrected chi connectivity index (χ0v) is 15.3. The van der Waals surface area contributed by atoms with Crippen molar-refractivity contribution < 1.29 is 9.59 Å². The number of amides is 2. The SMILES string of the molecule is CN1CCN(C(=O)CCNC(=O)c2ccc(C(C)(C)C)cc2)CC1. The van der Waals surface area contributed by atoms with E-state index in [1.807, 2.05) is 29.2 Å². The van der Waals surface area contributed by atoms with E-state index in [-0.39, 0.29) is 17.2 Å². The first kappa shape index (κ1) is 18.5. The number of likely N-dealkylation sites (N-methyl/N-ethyl adjacent to an activating group) is 1. The van der Waals surface area contributed by atoms with Crippen molar-refractivity contribution in [2.24, 2.45) is 0 Å². The van der Waals surface area contributed by atoms with Crippen molar-refractivity contribution in [1.82, 2.24) is 15.1 Å². The Kier molecular flexibility index (Phi) is 5.99. The molecule has 2 rings (SSSR count). The summed E-state index contributed by atoms with van der Waals surface area (Å²) in [7, 11) is 2.06. The van der Waals surface area contributed by atoms with Gasteiger partial charge in [0.05, 0.1) is 0 Å². The van der Waals surface area contributed by atoms with Gasteiger partial charge in [0.15, 0.2) is 0 Å². The molecule has 1 aliphatic rings. The van der Waals surface area contributed by atoms with Crippen LogP contribution in [0.2, 0.25) is 0 Å². The maximum atomic E-state index is 12.2. The van der Waals surface area contributed by atoms with Crippen molar-refractivity contribution in [2.75, 3.05) is 39.8 Å². The van der Waals surface area contributed by atoms with Crippen molar-refractivity contribution in [3.63, 3.8) is 0 Å². The van der Waals surface area contributed by atoms with Crippen LogP contribution < -0.4 is 5.32 Å². The number of nitrogens with one attached hydrogen (secondary N) is 1. The van der Waals surface area contributed by atoms with Gasteiger partial charge in [-0.25, -0.2) is 0 Å². The summed E-state index contributed by atoms with van der Waals surface area (Å²) in [5.41, 5.74) is 1.91. The Morgan fingerprint density at radius 1 is 1.04 bits per heavy atom. The van der Waals surface area contributed by atoms with Crippen LogP contribution in [0.3, 0.4) is 0 Å². The van der Waals surface area contributed by atoms with Gasteiger partial charge in [0, 0.05) is 44.7 Å². The van der Waals surface area contributed by atoms with Crippen LogP contribution in [-0.2, 0) is 10.2 Å². The molecular formula is C19H29N3O2. The number of nitrogens with zero attached hydrogens (tertiary/aromatic N) is 2. The third-order valence-corrected chi connectivity index (χ3v) is 4.49. The molecule has 24 heavy (non-hydrogen) atoms. The second-order valence-electron chi connectivity index (χ2n) is 7.52. The van der Waals surface area contributed by atoms with E-state index in [0.717, 1.165) is 26.2 Å². The van der Waals surface area contributed by atoms with Gasteiger partial charge in [-0.15, -0.1) is 0 Å². The molecule has 0 spiro atoms. The van der Waals surface area contributed by atoms with Crippen LogP contribution in [-0.4, -0.2) is 61.4 Å². The minimum atomic E-state index is -0.123. The highest BCUT2D eigenvalue weighted by Crippen LogP contribution is 2.22. The fourth-order valence-electron chi connectivity index (χ4n) is 2.72. The lowest BCUT2D eigenvalue weighted by atomic mass is 9.87. The maximum absolute atomic E-state index is 12.2. The number of rotatable bonds is 4. The highest BCUT2D eigenvalue weighted by Gasteiger charge is 2.19. The Hall–Kier alpha value is -1.88. The number of carbonyl (C=O) groups excluding carboxylic acids is 2. The molecule has 1 aromatic carbocycles. The van der Waals surface area contributed by atoms with Crippen LogP contribution in [0, 0.1) is 0 Å². The number of carbonyl (C=O) groups is 2. The zero-order valence-electron chi connectivity index (χ0n) is 15.3. The van der Waals surface area contributed by atoms with Crippen LogP contribution in [0.4, 0.5) is 0 Å². The summed E-state index contributed by atoms with van der Waals surface area (Å²) in [5, 5.41) is 2.84. The molecule has 0 bridgehead atoms. The number of benzene rings is 1. The van der Waals surface area contributed by atoms with E-state index in [1.54, 1.807) is 0 Å². The molecule has 5 heteroatoms. The summed E-state index contributed by atoms with van der Waals surface area (Å²) in [6, 6.07) is 7.67. The molecule has 0 unspecified atom stereocenters. The van der Waals surface area contributed by atoms with Crippen LogP contribution in [0.25, 0.3) is 0 Å². The second-order valence-corrected chi connectivity index (χ2v) is 7.52. The molecule has 1 fully saturated rings. The van der Waals surface area contributed by atoms with Crippen LogP contribution in [0.15, 0.2) is 24.3 Å². The maximum Gasteiger partial charge on any atom is 0.251 e. The Morgan fingerprint density at radius 3 is 2.17 bits per heavy atom. The molecule has 1 saturated heterocycles. The predicted octanol–water partition coefficient (Wildman–Crippen LogP) is 1.88. The lowest BCUT2D eigenvalue weighted by Gasteiger charge is -2.32. The number of hydrogen-bond donors (Lipinski definition) is 1. The fourth-order valence-corrected chi connectivity index (χ4v) is 2.72. The molecule has 0 radical (unpaired) electrons. The third-order valence-electron chi connectivity index (χ3n) is 4.49. The highest BCUT2D eigenvalue weighted by atomic mass is 16.2. The van der Waals surface area contributed by atoms with Crippen molar-refractivity contribution in [3.05, 3.63) is 35.4 Å². The Bertz CT molecular complexity index is 567. The molecule has 2 amide bonds. The molecule has 0 aliphatic carbocycles. The smallest absolute Gasteiger partial charge is 0.251 e. The van der Waals surface area contributed by atoms with E-state index < -0.39 is 0 Å². The summed E-state index contributed by atoms with van der Waals surface area (Å²) in [5.74, 6) is -0.00637. The van der Waals surface area contributed by atoms with Crippen molar-refractivity contribution >= 4 is 11.8 Å². The number of piperazine rings is 1. The summed E-state index contributed by atoms with van der Waals surface area (Å²) < 4.78 is 0. The number of hydrogen-bond acceptors (Lipinski definition) is 3. The Balaban J connectivity index is 1.78. The monoisotopic (exact) mass is 331 g/mol. The average Bonchev–Trinajstić information content (AvgIpc) is 2.54. The first-order chi connectivity index (χ1) is 11.3. The van der Waals surface area contributed by atoms with E-state index in [1.165, 1.54) is 5.56 Å². The van der Waals surface area contributed by atoms with E-state index in [4.69, 9.17) is 0 Å². The predicted molar refractivity (Wildman–Crippen MR) is 96.2 cm³/mol. The molecule has 1 aliphatic heterocycles. The van der Waals surface area contributed by atoms with Gasteiger partial charge in [0.25, 0.3) is 5.91 Å². The van der Waals surface area contributed by atoms with Crippen molar-refractivity contribution in [1.29, 1.82) is 0 Å². The third kappa shape index (κ3) is 5.06. The molecule has 5 nitrogen and oxygen atoms in total. The Morgan fingerprint density at radius 2 is 1.62 bits per heavy atom. The molecule has 0 aromatic heterocycles. The van der Waals surface area contributed by atoms with E-state index >= 15 is 0 Å². The summed E-state index contributed by atoms with van der Waals surface area (Å²) in [4.78, 5) is 28.4. The van der Waals surface area contributed by atoms with Gasteiger partial charge in [0.1, 0.15) is 0 Å². The Labute approximate surface area is 145 Å². The summed E-state index contributed by atoms with van der Waals surface area (Å²) in [6.45, 7) is 10.2. The van der Waals surface area contributed by atoms with E-state index in [2.05, 4.69) is 38.0 Å². The molecular weight excluding hydrogens is 302 g/mol. The van der Waals surface area contributed by atoms with Gasteiger partial charge < -0.3 is 15.1 Å². The minimum Gasteiger partial charge on any atom is -0.352 e. The van der Waals surface area contributed by atoms with Crippen LogP contribution >= 0.6 is 0 Å². The van der Waals surface area contributed by atoms with Gasteiger partial charge in [-0.1, -0.05) is 32.9 Å². The first-order valence-corrected chi connectivity index (χ1v) is 8.62. The lowest BCUT2D eigenvalue weighted by Crippen LogP contribution is -2.47. The van der Waals surface area contributed by atoms with E-state index in [0.29, 0.717) is 18.5 Å². The molecule has 1 heterocycles. The van der Waals surface area contributed by atoms with Crippen LogP contribution in [0.5, 0.6) is 0 Å². The summed E-state index contributed by atoms with van der Waals surface area (Å²) in [6.07, 6.45) is 0.357. The fraction of sp³-hybridized carbons (Fsp3) is 0.579.